The summed E-state index contributed by atoms with van der Waals surface area (Å²) in [5.41, 5.74) is 10.2. The van der Waals surface area contributed by atoms with E-state index in [0.29, 0.717) is 17.5 Å². The van der Waals surface area contributed by atoms with Crippen molar-refractivity contribution in [1.82, 2.24) is 15.0 Å². The van der Waals surface area contributed by atoms with Crippen LogP contribution in [0, 0.1) is 0 Å². The lowest BCUT2D eigenvalue weighted by atomic mass is 9.97. The van der Waals surface area contributed by atoms with Crippen molar-refractivity contribution >= 4 is 29.2 Å². The van der Waals surface area contributed by atoms with Gasteiger partial charge < -0.3 is 0 Å². The van der Waals surface area contributed by atoms with Crippen LogP contribution in [-0.2, 0) is 0 Å². The number of hydrogen-bond donors (Lipinski definition) is 0. The molecule has 0 spiro atoms. The molecule has 0 bridgehead atoms. The van der Waals surface area contributed by atoms with Crippen LogP contribution in [-0.4, -0.2) is 23.0 Å². The second-order valence-corrected chi connectivity index (χ2v) is 17.6. The summed E-state index contributed by atoms with van der Waals surface area (Å²) in [5, 5.41) is 5.42. The zero-order valence-corrected chi connectivity index (χ0v) is 28.4. The highest BCUT2D eigenvalue weighted by Crippen LogP contribution is 2.35. The molecule has 9 rings (SSSR count). The van der Waals surface area contributed by atoms with Crippen molar-refractivity contribution in [3.8, 4) is 67.5 Å². The first-order chi connectivity index (χ1) is 24.0. The maximum absolute atomic E-state index is 5.19. The summed E-state index contributed by atoms with van der Waals surface area (Å²) in [6.45, 7) is 4.89. The molecular formula is C45H33N3Si. The molecule has 0 N–H and O–H groups in total. The zero-order valence-electron chi connectivity index (χ0n) is 27.4. The summed E-state index contributed by atoms with van der Waals surface area (Å²) in [5.74, 6) is 1.99. The van der Waals surface area contributed by atoms with E-state index < -0.39 is 8.07 Å². The van der Waals surface area contributed by atoms with Gasteiger partial charge in [-0.1, -0.05) is 171 Å². The van der Waals surface area contributed by atoms with Crippen molar-refractivity contribution in [3.05, 3.63) is 164 Å². The van der Waals surface area contributed by atoms with Gasteiger partial charge in [-0.05, 0) is 60.6 Å². The fraction of sp³-hybridized carbons (Fsp3) is 0.0444. The minimum absolute atomic E-state index is 0.655. The van der Waals surface area contributed by atoms with Gasteiger partial charge in [0.05, 0.1) is 0 Å². The fourth-order valence-electron chi connectivity index (χ4n) is 7.44. The van der Waals surface area contributed by atoms with E-state index in [4.69, 9.17) is 15.0 Å². The Hall–Kier alpha value is -5.97. The Morgan fingerprint density at radius 1 is 0.347 bits per heavy atom. The Kier molecular flexibility index (Phi) is 6.92. The number of hydrogen-bond acceptors (Lipinski definition) is 3. The number of fused-ring (bicyclic) bond motifs is 4. The lowest BCUT2D eigenvalue weighted by molar-refractivity contribution is 1.07. The van der Waals surface area contributed by atoms with Crippen molar-refractivity contribution < 1.29 is 0 Å². The van der Waals surface area contributed by atoms with Crippen molar-refractivity contribution in [2.24, 2.45) is 0 Å². The molecule has 0 fully saturated rings. The Bertz CT molecular complexity index is 2510. The molecule has 1 aromatic heterocycles. The highest BCUT2D eigenvalue weighted by molar-refractivity contribution is 7.03. The standard InChI is InChI=1S/C45H33N3Si/c1-49(2)41-22-11-10-19-38(41)40-29-34(27-28-42(40)49)44-46-43(47-45(48-44)39-20-9-8-18-37(39)30-13-4-3-5-14-30)33-25-23-32(24-26-33)36-21-12-16-31-15-6-7-17-35(31)36/h3-29H,1-2H3. The largest absolute Gasteiger partial charge is 0.208 e. The monoisotopic (exact) mass is 643 g/mol. The van der Waals surface area contributed by atoms with E-state index in [9.17, 15) is 0 Å². The fourth-order valence-corrected chi connectivity index (χ4v) is 10.5. The van der Waals surface area contributed by atoms with E-state index in [-0.39, 0.29) is 0 Å². The molecule has 49 heavy (non-hydrogen) atoms. The summed E-state index contributed by atoms with van der Waals surface area (Å²) in [7, 11) is -1.78. The van der Waals surface area contributed by atoms with E-state index in [1.54, 1.807) is 0 Å². The highest BCUT2D eigenvalue weighted by Gasteiger charge is 2.37. The van der Waals surface area contributed by atoms with Gasteiger partial charge in [0.1, 0.15) is 8.07 Å². The van der Waals surface area contributed by atoms with Crippen LogP contribution < -0.4 is 10.4 Å². The average molecular weight is 644 g/mol. The first-order valence-corrected chi connectivity index (χ1v) is 19.8. The van der Waals surface area contributed by atoms with Gasteiger partial charge in [-0.3, -0.25) is 0 Å². The van der Waals surface area contributed by atoms with E-state index >= 15 is 0 Å². The van der Waals surface area contributed by atoms with E-state index in [1.165, 1.54) is 37.8 Å². The zero-order chi connectivity index (χ0) is 33.0. The molecule has 0 saturated carbocycles. The molecule has 8 aromatic rings. The van der Waals surface area contributed by atoms with Crippen LogP contribution in [0.15, 0.2) is 164 Å². The third-order valence-corrected chi connectivity index (χ3v) is 13.5. The van der Waals surface area contributed by atoms with Crippen molar-refractivity contribution in [2.45, 2.75) is 13.1 Å². The summed E-state index contributed by atoms with van der Waals surface area (Å²) >= 11 is 0. The summed E-state index contributed by atoms with van der Waals surface area (Å²) < 4.78 is 0. The van der Waals surface area contributed by atoms with E-state index in [2.05, 4.69) is 171 Å². The normalized spacial score (nSPS) is 12.9. The lowest BCUT2D eigenvalue weighted by Crippen LogP contribution is -2.49. The molecule has 232 valence electrons. The quantitative estimate of drug-likeness (QED) is 0.175. The number of aromatic nitrogens is 3. The predicted octanol–water partition coefficient (Wildman–Crippen LogP) is 10.2. The summed E-state index contributed by atoms with van der Waals surface area (Å²) in [4.78, 5) is 15.5. The van der Waals surface area contributed by atoms with Crippen molar-refractivity contribution in [2.75, 3.05) is 0 Å². The molecule has 0 aliphatic carbocycles. The Balaban J connectivity index is 1.21. The SMILES string of the molecule is C[Si]1(C)c2ccccc2-c2cc(-c3nc(-c4ccc(-c5cccc6ccccc56)cc4)nc(-c4ccccc4-c4ccccc4)n3)ccc21. The minimum atomic E-state index is -1.78. The van der Waals surface area contributed by atoms with Gasteiger partial charge in [-0.2, -0.15) is 0 Å². The van der Waals surface area contributed by atoms with Gasteiger partial charge in [0.2, 0.25) is 0 Å². The third kappa shape index (κ3) is 5.00. The van der Waals surface area contributed by atoms with Crippen LogP contribution in [0.5, 0.6) is 0 Å². The van der Waals surface area contributed by atoms with Crippen LogP contribution in [0.2, 0.25) is 13.1 Å². The van der Waals surface area contributed by atoms with E-state index in [0.717, 1.165) is 33.4 Å². The Morgan fingerprint density at radius 3 is 1.69 bits per heavy atom. The number of nitrogens with zero attached hydrogens (tertiary/aromatic N) is 3. The van der Waals surface area contributed by atoms with Gasteiger partial charge in [0, 0.05) is 16.7 Å². The van der Waals surface area contributed by atoms with Crippen LogP contribution >= 0.6 is 0 Å². The van der Waals surface area contributed by atoms with Crippen LogP contribution in [0.25, 0.3) is 78.3 Å². The second-order valence-electron chi connectivity index (χ2n) is 13.3. The van der Waals surface area contributed by atoms with Gasteiger partial charge >= 0.3 is 0 Å². The first kappa shape index (κ1) is 29.2. The maximum atomic E-state index is 5.19. The summed E-state index contributed by atoms with van der Waals surface area (Å²) in [6, 6.07) is 58.2. The molecule has 3 nitrogen and oxygen atoms in total. The van der Waals surface area contributed by atoms with Crippen molar-refractivity contribution in [1.29, 1.82) is 0 Å². The molecule has 0 radical (unpaired) electrons. The molecule has 7 aromatic carbocycles. The van der Waals surface area contributed by atoms with Gasteiger partial charge in [0.25, 0.3) is 0 Å². The van der Waals surface area contributed by atoms with Crippen LogP contribution in [0.4, 0.5) is 0 Å². The van der Waals surface area contributed by atoms with Gasteiger partial charge in [0.15, 0.2) is 17.5 Å². The topological polar surface area (TPSA) is 38.7 Å². The van der Waals surface area contributed by atoms with Crippen molar-refractivity contribution in [3.63, 3.8) is 0 Å². The first-order valence-electron chi connectivity index (χ1n) is 16.8. The molecule has 4 heteroatoms. The molecule has 1 aliphatic rings. The summed E-state index contributed by atoms with van der Waals surface area (Å²) in [6.07, 6.45) is 0. The van der Waals surface area contributed by atoms with Gasteiger partial charge in [-0.15, -0.1) is 0 Å². The Labute approximate surface area is 287 Å². The Morgan fingerprint density at radius 2 is 0.878 bits per heavy atom. The number of benzene rings is 7. The van der Waals surface area contributed by atoms with Crippen LogP contribution in [0.3, 0.4) is 0 Å². The minimum Gasteiger partial charge on any atom is -0.208 e. The molecule has 0 amide bonds. The number of rotatable bonds is 5. The third-order valence-electron chi connectivity index (χ3n) is 9.97. The average Bonchev–Trinajstić information content (AvgIpc) is 3.40. The second kappa shape index (κ2) is 11.6. The predicted molar refractivity (Wildman–Crippen MR) is 207 cm³/mol. The van der Waals surface area contributed by atoms with Crippen LogP contribution in [0.1, 0.15) is 0 Å². The molecular weight excluding hydrogens is 611 g/mol. The maximum Gasteiger partial charge on any atom is 0.164 e. The smallest absolute Gasteiger partial charge is 0.164 e. The molecule has 0 atom stereocenters. The lowest BCUT2D eigenvalue weighted by Gasteiger charge is -2.18. The van der Waals surface area contributed by atoms with E-state index in [1.807, 2.05) is 6.07 Å². The molecule has 0 unspecified atom stereocenters. The van der Waals surface area contributed by atoms with Gasteiger partial charge in [-0.25, -0.2) is 15.0 Å². The molecule has 1 aliphatic heterocycles. The highest BCUT2D eigenvalue weighted by atomic mass is 28.3. The molecule has 2 heterocycles. The molecule has 0 saturated heterocycles.